The summed E-state index contributed by atoms with van der Waals surface area (Å²) < 4.78 is 5.10. The first kappa shape index (κ1) is 22.3. The van der Waals surface area contributed by atoms with Gasteiger partial charge in [0.05, 0.1) is 0 Å². The number of alkyl carbamates (subject to hydrolysis) is 1. The van der Waals surface area contributed by atoms with Gasteiger partial charge in [-0.05, 0) is 48.0 Å². The fourth-order valence-corrected chi connectivity index (χ4v) is 2.89. The van der Waals surface area contributed by atoms with Crippen LogP contribution in [0.1, 0.15) is 18.4 Å². The van der Waals surface area contributed by atoms with Crippen molar-refractivity contribution in [2.45, 2.75) is 24.3 Å². The summed E-state index contributed by atoms with van der Waals surface area (Å²) in [6.07, 6.45) is 0.265. The lowest BCUT2D eigenvalue weighted by Gasteiger charge is -2.10. The van der Waals surface area contributed by atoms with Crippen molar-refractivity contribution in [2.75, 3.05) is 26.0 Å². The summed E-state index contributed by atoms with van der Waals surface area (Å²) in [6, 6.07) is 16.5. The summed E-state index contributed by atoms with van der Waals surface area (Å²) in [5.74, 6) is -0.144. The number of anilines is 1. The van der Waals surface area contributed by atoms with Gasteiger partial charge in [-0.1, -0.05) is 30.3 Å². The molecule has 0 saturated carbocycles. The molecule has 0 saturated heterocycles. The molecule has 0 heterocycles. The Morgan fingerprint density at radius 2 is 1.69 bits per heavy atom. The van der Waals surface area contributed by atoms with Crippen LogP contribution in [0.4, 0.5) is 15.3 Å². The van der Waals surface area contributed by atoms with Crippen LogP contribution >= 0.6 is 11.8 Å². The van der Waals surface area contributed by atoms with Gasteiger partial charge in [-0.15, -0.1) is 0 Å². The molecular weight excluding hydrogens is 390 g/mol. The number of rotatable bonds is 8. The summed E-state index contributed by atoms with van der Waals surface area (Å²) in [5.41, 5.74) is 1.57. The highest BCUT2D eigenvalue weighted by Gasteiger charge is 2.08. The van der Waals surface area contributed by atoms with E-state index in [9.17, 15) is 14.4 Å². The Morgan fingerprint density at radius 1 is 1.00 bits per heavy atom. The quantitative estimate of drug-likeness (QED) is 0.500. The SMILES string of the molecule is CN(C)C(=O)Sc1ccc(NC(=O)CCCNC(=O)OCc2ccccc2)cc1. The van der Waals surface area contributed by atoms with Crippen molar-refractivity contribution in [2.24, 2.45) is 0 Å². The molecule has 0 unspecified atom stereocenters. The van der Waals surface area contributed by atoms with Gasteiger partial charge in [-0.3, -0.25) is 9.59 Å². The highest BCUT2D eigenvalue weighted by molar-refractivity contribution is 8.13. The summed E-state index contributed by atoms with van der Waals surface area (Å²) in [6.45, 7) is 0.560. The molecule has 2 aromatic rings. The minimum Gasteiger partial charge on any atom is -0.445 e. The molecular formula is C21H25N3O4S. The van der Waals surface area contributed by atoms with E-state index in [1.807, 2.05) is 30.3 Å². The summed E-state index contributed by atoms with van der Waals surface area (Å²) in [5, 5.41) is 5.36. The molecule has 0 aliphatic heterocycles. The highest BCUT2D eigenvalue weighted by atomic mass is 32.2. The fraction of sp³-hybridized carbons (Fsp3) is 0.286. The molecule has 0 bridgehead atoms. The maximum atomic E-state index is 12.0. The topological polar surface area (TPSA) is 87.7 Å². The van der Waals surface area contributed by atoms with Crippen LogP contribution in [0.3, 0.4) is 0 Å². The van der Waals surface area contributed by atoms with Gasteiger partial charge in [-0.2, -0.15) is 0 Å². The number of amides is 3. The highest BCUT2D eigenvalue weighted by Crippen LogP contribution is 2.22. The average Bonchev–Trinajstić information content (AvgIpc) is 2.72. The van der Waals surface area contributed by atoms with E-state index in [1.54, 1.807) is 38.4 Å². The molecule has 0 aliphatic rings. The van der Waals surface area contributed by atoms with Gasteiger partial charge in [0.25, 0.3) is 5.24 Å². The van der Waals surface area contributed by atoms with Crippen LogP contribution in [0, 0.1) is 0 Å². The molecule has 0 spiro atoms. The van der Waals surface area contributed by atoms with Gasteiger partial charge in [0.15, 0.2) is 0 Å². The largest absolute Gasteiger partial charge is 0.445 e. The van der Waals surface area contributed by atoms with Crippen molar-refractivity contribution in [3.63, 3.8) is 0 Å². The molecule has 0 aromatic heterocycles. The Morgan fingerprint density at radius 3 is 2.34 bits per heavy atom. The molecule has 0 radical (unpaired) electrons. The molecule has 3 amide bonds. The van der Waals surface area contributed by atoms with Crippen LogP contribution in [0.15, 0.2) is 59.5 Å². The number of thioether (sulfide) groups is 1. The lowest BCUT2D eigenvalue weighted by atomic mass is 10.2. The number of nitrogens with zero attached hydrogens (tertiary/aromatic N) is 1. The Hall–Kier alpha value is -3.00. The van der Waals surface area contributed by atoms with Crippen LogP contribution in [0.2, 0.25) is 0 Å². The van der Waals surface area contributed by atoms with Crippen LogP contribution < -0.4 is 10.6 Å². The van der Waals surface area contributed by atoms with Crippen molar-refractivity contribution >= 4 is 34.7 Å². The number of carbonyl (C=O) groups is 3. The Kier molecular flexibility index (Phi) is 9.04. The number of hydrogen-bond donors (Lipinski definition) is 2. The first-order chi connectivity index (χ1) is 13.9. The molecule has 2 aromatic carbocycles. The first-order valence-electron chi connectivity index (χ1n) is 9.17. The van der Waals surface area contributed by atoms with Gasteiger partial charge >= 0.3 is 6.09 Å². The van der Waals surface area contributed by atoms with Crippen LogP contribution in [-0.2, 0) is 16.1 Å². The van der Waals surface area contributed by atoms with Crippen LogP contribution in [-0.4, -0.2) is 42.8 Å². The number of benzene rings is 2. The van der Waals surface area contributed by atoms with E-state index >= 15 is 0 Å². The van der Waals surface area contributed by atoms with Gasteiger partial charge in [0, 0.05) is 37.6 Å². The zero-order valence-electron chi connectivity index (χ0n) is 16.5. The Labute approximate surface area is 174 Å². The molecule has 154 valence electrons. The Balaban J connectivity index is 1.61. The van der Waals surface area contributed by atoms with Crippen molar-refractivity contribution in [1.29, 1.82) is 0 Å². The summed E-state index contributed by atoms with van der Waals surface area (Å²) in [7, 11) is 3.39. The predicted octanol–water partition coefficient (Wildman–Crippen LogP) is 4.11. The first-order valence-corrected chi connectivity index (χ1v) is 9.99. The van der Waals surface area contributed by atoms with Gasteiger partial charge in [0.2, 0.25) is 5.91 Å². The summed E-state index contributed by atoms with van der Waals surface area (Å²) >= 11 is 1.12. The van der Waals surface area contributed by atoms with E-state index in [0.29, 0.717) is 18.7 Å². The van der Waals surface area contributed by atoms with Gasteiger partial charge < -0.3 is 20.3 Å². The van der Waals surface area contributed by atoms with E-state index in [-0.39, 0.29) is 24.2 Å². The fourth-order valence-electron chi connectivity index (χ4n) is 2.24. The molecule has 0 fully saturated rings. The van der Waals surface area contributed by atoms with Crippen LogP contribution in [0.25, 0.3) is 0 Å². The number of hydrogen-bond acceptors (Lipinski definition) is 5. The second-order valence-electron chi connectivity index (χ2n) is 6.43. The van der Waals surface area contributed by atoms with Gasteiger partial charge in [-0.25, -0.2) is 4.79 Å². The third-order valence-corrected chi connectivity index (χ3v) is 4.82. The van der Waals surface area contributed by atoms with E-state index in [1.165, 1.54) is 4.90 Å². The lowest BCUT2D eigenvalue weighted by Crippen LogP contribution is -2.26. The second-order valence-corrected chi connectivity index (χ2v) is 7.45. The Bertz CT molecular complexity index is 810. The number of carbonyl (C=O) groups excluding carboxylic acids is 3. The van der Waals surface area contributed by atoms with Crippen molar-refractivity contribution < 1.29 is 19.1 Å². The zero-order valence-corrected chi connectivity index (χ0v) is 17.3. The molecule has 7 nitrogen and oxygen atoms in total. The molecule has 0 atom stereocenters. The minimum atomic E-state index is -0.505. The van der Waals surface area contributed by atoms with E-state index in [2.05, 4.69) is 10.6 Å². The monoisotopic (exact) mass is 415 g/mol. The van der Waals surface area contributed by atoms with Crippen molar-refractivity contribution in [3.8, 4) is 0 Å². The standard InChI is InChI=1S/C21H25N3O4S/c1-24(2)21(27)29-18-12-10-17(11-13-18)23-19(25)9-6-14-22-20(26)28-15-16-7-4-3-5-8-16/h3-5,7-8,10-13H,6,9,14-15H2,1-2H3,(H,22,26)(H,23,25). The molecule has 8 heteroatoms. The number of nitrogens with one attached hydrogen (secondary N) is 2. The predicted molar refractivity (Wildman–Crippen MR) is 114 cm³/mol. The molecule has 29 heavy (non-hydrogen) atoms. The second kappa shape index (κ2) is 11.8. The maximum Gasteiger partial charge on any atom is 0.407 e. The van der Waals surface area contributed by atoms with Gasteiger partial charge in [0.1, 0.15) is 6.61 Å². The van der Waals surface area contributed by atoms with E-state index in [4.69, 9.17) is 4.74 Å². The lowest BCUT2D eigenvalue weighted by molar-refractivity contribution is -0.116. The third kappa shape index (κ3) is 8.69. The minimum absolute atomic E-state index is 0.0587. The average molecular weight is 416 g/mol. The van der Waals surface area contributed by atoms with Crippen LogP contribution in [0.5, 0.6) is 0 Å². The summed E-state index contributed by atoms with van der Waals surface area (Å²) in [4.78, 5) is 37.6. The molecule has 2 N–H and O–H groups in total. The molecule has 0 aliphatic carbocycles. The third-order valence-electron chi connectivity index (χ3n) is 3.77. The molecule has 2 rings (SSSR count). The van der Waals surface area contributed by atoms with Crippen molar-refractivity contribution in [1.82, 2.24) is 10.2 Å². The zero-order chi connectivity index (χ0) is 21.1. The maximum absolute atomic E-state index is 12.0. The number of ether oxygens (including phenoxy) is 1. The van der Waals surface area contributed by atoms with E-state index in [0.717, 1.165) is 22.2 Å². The van der Waals surface area contributed by atoms with Crippen molar-refractivity contribution in [3.05, 3.63) is 60.2 Å². The smallest absolute Gasteiger partial charge is 0.407 e. The van der Waals surface area contributed by atoms with E-state index < -0.39 is 6.09 Å². The normalized spacial score (nSPS) is 10.1.